The van der Waals surface area contributed by atoms with Gasteiger partial charge in [-0.05, 0) is 23.8 Å². The summed E-state index contributed by atoms with van der Waals surface area (Å²) in [5, 5.41) is 6.90. The molecule has 102 valence electrons. The third kappa shape index (κ3) is 3.75. The van der Waals surface area contributed by atoms with Crippen molar-refractivity contribution in [1.82, 2.24) is 15.1 Å². The van der Waals surface area contributed by atoms with Crippen molar-refractivity contribution < 1.29 is 13.5 Å². The van der Waals surface area contributed by atoms with Gasteiger partial charge in [-0.1, -0.05) is 12.1 Å². The highest BCUT2D eigenvalue weighted by Gasteiger charge is 2.06. The van der Waals surface area contributed by atoms with E-state index in [4.69, 9.17) is 4.74 Å². The number of benzene rings is 1. The molecule has 1 heterocycles. The summed E-state index contributed by atoms with van der Waals surface area (Å²) in [5.74, 6) is 0.793. The highest BCUT2D eigenvalue weighted by molar-refractivity contribution is 5.28. The molecule has 19 heavy (non-hydrogen) atoms. The van der Waals surface area contributed by atoms with Gasteiger partial charge in [-0.2, -0.15) is 13.9 Å². The highest BCUT2D eigenvalue weighted by atomic mass is 19.3. The normalized spacial score (nSPS) is 10.9. The first kappa shape index (κ1) is 13.5. The minimum absolute atomic E-state index is 0.441. The zero-order valence-corrected chi connectivity index (χ0v) is 10.5. The van der Waals surface area contributed by atoms with E-state index in [1.165, 1.54) is 6.20 Å². The summed E-state index contributed by atoms with van der Waals surface area (Å²) in [7, 11) is 1.61. The van der Waals surface area contributed by atoms with Crippen LogP contribution in [0.3, 0.4) is 0 Å². The number of alkyl halides is 2. The van der Waals surface area contributed by atoms with Crippen LogP contribution in [0.1, 0.15) is 17.8 Å². The molecule has 0 fully saturated rings. The van der Waals surface area contributed by atoms with E-state index in [9.17, 15) is 8.78 Å². The lowest BCUT2D eigenvalue weighted by Crippen LogP contribution is -2.13. The fourth-order valence-corrected chi connectivity index (χ4v) is 1.70. The van der Waals surface area contributed by atoms with E-state index in [-0.39, 0.29) is 0 Å². The first-order chi connectivity index (χ1) is 9.19. The number of rotatable bonds is 6. The van der Waals surface area contributed by atoms with Crippen molar-refractivity contribution in [2.24, 2.45) is 0 Å². The lowest BCUT2D eigenvalue weighted by Gasteiger charge is -2.05. The zero-order chi connectivity index (χ0) is 13.7. The summed E-state index contributed by atoms with van der Waals surface area (Å²) in [5.41, 5.74) is 1.65. The molecule has 0 aliphatic heterocycles. The molecule has 6 heteroatoms. The van der Waals surface area contributed by atoms with Crippen LogP contribution in [0.4, 0.5) is 8.78 Å². The second kappa shape index (κ2) is 6.29. The van der Waals surface area contributed by atoms with E-state index < -0.39 is 6.55 Å². The van der Waals surface area contributed by atoms with Crippen LogP contribution in [-0.4, -0.2) is 16.9 Å². The molecule has 0 spiro atoms. The molecule has 0 aliphatic carbocycles. The van der Waals surface area contributed by atoms with Gasteiger partial charge in [0.05, 0.1) is 12.8 Å². The Morgan fingerprint density at radius 1 is 1.32 bits per heavy atom. The van der Waals surface area contributed by atoms with Crippen LogP contribution in [0.2, 0.25) is 0 Å². The highest BCUT2D eigenvalue weighted by Crippen LogP contribution is 2.12. The minimum atomic E-state index is -2.59. The van der Waals surface area contributed by atoms with Gasteiger partial charge in [-0.3, -0.25) is 0 Å². The average molecular weight is 267 g/mol. The van der Waals surface area contributed by atoms with E-state index >= 15 is 0 Å². The quantitative estimate of drug-likeness (QED) is 0.874. The maximum Gasteiger partial charge on any atom is 0.333 e. The van der Waals surface area contributed by atoms with E-state index in [2.05, 4.69) is 10.4 Å². The van der Waals surface area contributed by atoms with Crippen LogP contribution >= 0.6 is 0 Å². The molecule has 0 atom stereocenters. The van der Waals surface area contributed by atoms with Crippen molar-refractivity contribution in [3.63, 3.8) is 0 Å². The molecule has 2 aromatic rings. The third-order valence-corrected chi connectivity index (χ3v) is 2.63. The molecule has 1 N–H and O–H groups in total. The van der Waals surface area contributed by atoms with E-state index in [0.29, 0.717) is 23.5 Å². The predicted octanol–water partition coefficient (Wildman–Crippen LogP) is 2.58. The zero-order valence-electron chi connectivity index (χ0n) is 10.5. The predicted molar refractivity (Wildman–Crippen MR) is 67.0 cm³/mol. The van der Waals surface area contributed by atoms with Crippen molar-refractivity contribution in [2.75, 3.05) is 7.11 Å². The second-order valence-corrected chi connectivity index (χ2v) is 4.02. The molecule has 0 bridgehead atoms. The lowest BCUT2D eigenvalue weighted by molar-refractivity contribution is 0.0561. The molecule has 0 unspecified atom stereocenters. The maximum atomic E-state index is 12.3. The maximum absolute atomic E-state index is 12.3. The molecule has 0 radical (unpaired) electrons. The van der Waals surface area contributed by atoms with E-state index in [0.717, 1.165) is 11.3 Å². The van der Waals surface area contributed by atoms with Crippen LogP contribution in [0.5, 0.6) is 5.75 Å². The molecule has 2 rings (SSSR count). The summed E-state index contributed by atoms with van der Waals surface area (Å²) in [6.45, 7) is -1.53. The molecule has 4 nitrogen and oxygen atoms in total. The Bertz CT molecular complexity index is 528. The monoisotopic (exact) mass is 267 g/mol. The SMILES string of the molecule is COc1cccc(CNCc2ccn(C(F)F)n2)c1. The number of hydrogen-bond acceptors (Lipinski definition) is 3. The molecule has 0 saturated heterocycles. The van der Waals surface area contributed by atoms with Crippen LogP contribution in [0, 0.1) is 0 Å². The van der Waals surface area contributed by atoms with Gasteiger partial charge < -0.3 is 10.1 Å². The van der Waals surface area contributed by atoms with Gasteiger partial charge in [-0.15, -0.1) is 0 Å². The van der Waals surface area contributed by atoms with Gasteiger partial charge >= 0.3 is 6.55 Å². The summed E-state index contributed by atoms with van der Waals surface area (Å²) in [6, 6.07) is 9.23. The largest absolute Gasteiger partial charge is 0.497 e. The standard InChI is InChI=1S/C13H15F2N3O/c1-19-12-4-2-3-10(7-12)8-16-9-11-5-6-18(17-11)13(14)15/h2-7,13,16H,8-9H2,1H3. The van der Waals surface area contributed by atoms with Gasteiger partial charge in [0.15, 0.2) is 0 Å². The molecule has 0 saturated carbocycles. The molecule has 1 aromatic heterocycles. The Morgan fingerprint density at radius 2 is 2.16 bits per heavy atom. The molecule has 0 amide bonds. The fourth-order valence-electron chi connectivity index (χ4n) is 1.70. The smallest absolute Gasteiger partial charge is 0.333 e. The van der Waals surface area contributed by atoms with Crippen molar-refractivity contribution >= 4 is 0 Å². The molecule has 0 aliphatic rings. The fraction of sp³-hybridized carbons (Fsp3) is 0.308. The Labute approximate surface area is 110 Å². The van der Waals surface area contributed by atoms with Crippen LogP contribution in [-0.2, 0) is 13.1 Å². The summed E-state index contributed by atoms with van der Waals surface area (Å²) in [6.07, 6.45) is 1.27. The Kier molecular flexibility index (Phi) is 4.46. The Balaban J connectivity index is 1.85. The lowest BCUT2D eigenvalue weighted by atomic mass is 10.2. The second-order valence-electron chi connectivity index (χ2n) is 4.02. The molecular formula is C13H15F2N3O. The van der Waals surface area contributed by atoms with Crippen LogP contribution in [0.25, 0.3) is 0 Å². The van der Waals surface area contributed by atoms with Gasteiger partial charge in [0.2, 0.25) is 0 Å². The molecular weight excluding hydrogens is 252 g/mol. The Hall–Kier alpha value is -1.95. The van der Waals surface area contributed by atoms with Crippen LogP contribution in [0.15, 0.2) is 36.5 Å². The number of aromatic nitrogens is 2. The van der Waals surface area contributed by atoms with Crippen molar-refractivity contribution in [2.45, 2.75) is 19.6 Å². The summed E-state index contributed by atoms with van der Waals surface area (Å²) >= 11 is 0. The first-order valence-corrected chi connectivity index (χ1v) is 5.85. The number of hydrogen-bond donors (Lipinski definition) is 1. The average Bonchev–Trinajstić information content (AvgIpc) is 2.88. The van der Waals surface area contributed by atoms with E-state index in [1.807, 2.05) is 24.3 Å². The van der Waals surface area contributed by atoms with Gasteiger partial charge in [-0.25, -0.2) is 4.68 Å². The number of halogens is 2. The Morgan fingerprint density at radius 3 is 2.84 bits per heavy atom. The van der Waals surface area contributed by atoms with Crippen molar-refractivity contribution in [1.29, 1.82) is 0 Å². The van der Waals surface area contributed by atoms with Crippen molar-refractivity contribution in [3.8, 4) is 5.75 Å². The van der Waals surface area contributed by atoms with Gasteiger partial charge in [0.1, 0.15) is 5.75 Å². The summed E-state index contributed by atoms with van der Waals surface area (Å²) < 4.78 is 30.4. The van der Waals surface area contributed by atoms with Gasteiger partial charge in [0.25, 0.3) is 0 Å². The van der Waals surface area contributed by atoms with Crippen LogP contribution < -0.4 is 10.1 Å². The number of nitrogens with one attached hydrogen (secondary N) is 1. The number of ether oxygens (including phenoxy) is 1. The topological polar surface area (TPSA) is 39.1 Å². The number of nitrogens with zero attached hydrogens (tertiary/aromatic N) is 2. The molecule has 1 aromatic carbocycles. The minimum Gasteiger partial charge on any atom is -0.497 e. The first-order valence-electron chi connectivity index (χ1n) is 5.85. The van der Waals surface area contributed by atoms with Gasteiger partial charge in [0, 0.05) is 19.3 Å². The number of methoxy groups -OCH3 is 1. The van der Waals surface area contributed by atoms with Crippen molar-refractivity contribution in [3.05, 3.63) is 47.8 Å². The van der Waals surface area contributed by atoms with E-state index in [1.54, 1.807) is 13.2 Å². The third-order valence-electron chi connectivity index (χ3n) is 2.63. The summed E-state index contributed by atoms with van der Waals surface area (Å²) in [4.78, 5) is 0.